The van der Waals surface area contributed by atoms with Crippen molar-refractivity contribution in [2.75, 3.05) is 22.2 Å². The molecule has 0 atom stereocenters. The molecule has 0 fully saturated rings. The first-order valence-electron chi connectivity index (χ1n) is 12.2. The number of fused-ring (bicyclic) bond motifs is 1. The molecular weight excluding hydrogens is 597 g/mol. The van der Waals surface area contributed by atoms with Gasteiger partial charge < -0.3 is 9.62 Å². The zero-order chi connectivity index (χ0) is 29.4. The maximum Gasteiger partial charge on any atom is 0.522 e. The summed E-state index contributed by atoms with van der Waals surface area (Å²) in [6, 6.07) is 8.99. The summed E-state index contributed by atoms with van der Waals surface area (Å²) in [7, 11) is -3.80. The molecule has 1 aliphatic rings. The van der Waals surface area contributed by atoms with Crippen LogP contribution >= 0.6 is 15.8 Å². The topological polar surface area (TPSA) is 60.9 Å². The zero-order valence-corrected chi connectivity index (χ0v) is 28.3. The van der Waals surface area contributed by atoms with Gasteiger partial charge in [-0.3, -0.25) is 4.55 Å². The number of benzene rings is 1. The van der Waals surface area contributed by atoms with Crippen LogP contribution in [-0.4, -0.2) is 59.2 Å². The Morgan fingerprint density at radius 3 is 1.13 bits per heavy atom. The Hall–Kier alpha value is -0.0616. The van der Waals surface area contributed by atoms with Crippen molar-refractivity contribution in [2.45, 2.75) is 109 Å². The van der Waals surface area contributed by atoms with E-state index in [4.69, 9.17) is 13.0 Å². The normalized spacial score (nSPS) is 15.1. The van der Waals surface area contributed by atoms with Gasteiger partial charge in [0.25, 0.3) is 0 Å². The molecule has 38 heavy (non-hydrogen) atoms. The minimum absolute atomic E-state index is 0. The second kappa shape index (κ2) is 12.8. The molecule has 1 aromatic rings. The summed E-state index contributed by atoms with van der Waals surface area (Å²) < 4.78 is 57.5. The van der Waals surface area contributed by atoms with Gasteiger partial charge in [0.15, 0.2) is 0 Å². The number of hydrogen-bond donors (Lipinski definition) is 1. The van der Waals surface area contributed by atoms with Crippen LogP contribution in [0, 0.1) is 0 Å². The fourth-order valence-electron chi connectivity index (χ4n) is 4.63. The first-order chi connectivity index (χ1) is 16.2. The Bertz CT molecular complexity index is 932. The number of nitrogens with zero attached hydrogens (tertiary/aromatic N) is 2. The first-order valence-corrected chi connectivity index (χ1v) is 16.7. The van der Waals surface area contributed by atoms with Gasteiger partial charge in [-0.15, -0.1) is 0 Å². The number of para-hydroxylation sites is 2. The molecule has 5 nitrogen and oxygen atoms in total. The molecule has 0 aromatic heterocycles. The number of alkyl halides is 3. The predicted molar refractivity (Wildman–Crippen MR) is 157 cm³/mol. The fraction of sp³-hybridized carbons (Fsp3) is 0.760. The summed E-state index contributed by atoms with van der Waals surface area (Å²) >= 11 is 0. The van der Waals surface area contributed by atoms with Gasteiger partial charge in [0.05, 0.1) is 0 Å². The third-order valence-electron chi connectivity index (χ3n) is 5.90. The van der Waals surface area contributed by atoms with Crippen molar-refractivity contribution in [3.05, 3.63) is 24.3 Å². The van der Waals surface area contributed by atoms with Crippen LogP contribution < -0.4 is 9.62 Å². The molecule has 0 saturated carbocycles. The van der Waals surface area contributed by atoms with E-state index in [1.54, 1.807) is 0 Å². The molecule has 1 N–H and O–H groups in total. The molecule has 0 spiro atoms. The van der Waals surface area contributed by atoms with Gasteiger partial charge in [0.1, 0.15) is 0 Å². The van der Waals surface area contributed by atoms with E-state index in [1.807, 2.05) is 0 Å². The molecule has 0 aliphatic carbocycles. The molecule has 0 unspecified atom stereocenters. The van der Waals surface area contributed by atoms with Crippen LogP contribution in [0.3, 0.4) is 0 Å². The summed E-state index contributed by atoms with van der Waals surface area (Å²) in [5.41, 5.74) is -2.77. The summed E-state index contributed by atoms with van der Waals surface area (Å²) in [5.74, 6) is 0. The summed E-state index contributed by atoms with van der Waals surface area (Å²) in [6.45, 7) is 29.0. The molecule has 2 rings (SSSR count). The maximum atomic E-state index is 10.7. The van der Waals surface area contributed by atoms with Crippen molar-refractivity contribution < 1.29 is 42.6 Å². The molecule has 0 bridgehead atoms. The van der Waals surface area contributed by atoms with Crippen molar-refractivity contribution in [1.29, 1.82) is 0 Å². The molecule has 1 heterocycles. The van der Waals surface area contributed by atoms with E-state index in [9.17, 15) is 13.2 Å². The van der Waals surface area contributed by atoms with Crippen molar-refractivity contribution in [3.8, 4) is 0 Å². The maximum absolute atomic E-state index is 10.7. The molecule has 1 aliphatic heterocycles. The molecule has 13 heteroatoms. The zero-order valence-electron chi connectivity index (χ0n) is 24.7. The molecular formula is C25H45BF3N2NiO3P2S. The Morgan fingerprint density at radius 2 is 0.947 bits per heavy atom. The largest absolute Gasteiger partial charge is 0.522 e. The average Bonchev–Trinajstić information content (AvgIpc) is 2.97. The number of halogens is 3. The Kier molecular flexibility index (Phi) is 12.8. The predicted octanol–water partition coefficient (Wildman–Crippen LogP) is 8.31. The van der Waals surface area contributed by atoms with Gasteiger partial charge in [0, 0.05) is 40.4 Å². The standard InChI is InChI=1S/C24H44BN2P2.CHF3O3S.Ni/c1-21(2,3)28(22(4,5)6)17-26-19-15-13-14-16-20(19)27(25-26)18-29(23(7,8)9)24(10,11)12;2-1(3,4)8(5,6)7;/h13-16H,17-18H2,1-12H3;(H,5,6,7);. The van der Waals surface area contributed by atoms with Crippen molar-refractivity contribution in [3.63, 3.8) is 0 Å². The van der Waals surface area contributed by atoms with Crippen LogP contribution in [0.2, 0.25) is 0 Å². The monoisotopic (exact) mass is 641 g/mol. The molecule has 0 saturated heterocycles. The number of rotatable bonds is 4. The minimum Gasteiger partial charge on any atom is -0.393 e. The van der Waals surface area contributed by atoms with Crippen LogP contribution in [0.5, 0.6) is 0 Å². The van der Waals surface area contributed by atoms with Gasteiger partial charge in [-0.2, -0.15) is 21.6 Å². The third kappa shape index (κ3) is 10.7. The summed E-state index contributed by atoms with van der Waals surface area (Å²) in [5, 5.41) is 1.31. The van der Waals surface area contributed by atoms with E-state index >= 15 is 0 Å². The quantitative estimate of drug-likeness (QED) is 0.155. The second-order valence-electron chi connectivity index (χ2n) is 13.3. The molecule has 1 aromatic carbocycles. The first kappa shape index (κ1) is 37.9. The molecule has 0 amide bonds. The van der Waals surface area contributed by atoms with Gasteiger partial charge in [-0.1, -0.05) is 111 Å². The van der Waals surface area contributed by atoms with Crippen LogP contribution in [0.1, 0.15) is 83.1 Å². The smallest absolute Gasteiger partial charge is 0.393 e. The van der Waals surface area contributed by atoms with Gasteiger partial charge in [0.2, 0.25) is 0 Å². The van der Waals surface area contributed by atoms with Crippen LogP contribution in [0.15, 0.2) is 24.3 Å². The minimum atomic E-state index is -5.84. The Labute approximate surface area is 242 Å². The van der Waals surface area contributed by atoms with Crippen LogP contribution in [0.25, 0.3) is 0 Å². The van der Waals surface area contributed by atoms with E-state index in [0.29, 0.717) is 20.6 Å². The SMILES string of the molecule is CC(C)(C)P(CN1[B]N(CP(C(C)(C)C)C(C)(C)C)c2ccccc21)C(C)(C)C.O=S(=O)(O)C(F)(F)F.[Ni]. The van der Waals surface area contributed by atoms with E-state index in [2.05, 4.69) is 125 Å². The van der Waals surface area contributed by atoms with Gasteiger partial charge in [-0.05, 0) is 32.8 Å². The van der Waals surface area contributed by atoms with Crippen molar-refractivity contribution >= 4 is 44.9 Å². The Balaban J connectivity index is 0.00000132. The fourth-order valence-corrected chi connectivity index (χ4v) is 11.4. The molecule has 1 radical (unpaired) electrons. The van der Waals surface area contributed by atoms with Crippen LogP contribution in [0.4, 0.5) is 24.5 Å². The van der Waals surface area contributed by atoms with Gasteiger partial charge in [-0.25, -0.2) is 0 Å². The van der Waals surface area contributed by atoms with Gasteiger partial charge >= 0.3 is 23.2 Å². The Morgan fingerprint density at radius 1 is 0.711 bits per heavy atom. The summed E-state index contributed by atoms with van der Waals surface area (Å²) in [4.78, 5) is 5.10. The van der Waals surface area contributed by atoms with Crippen LogP contribution in [-0.2, 0) is 26.6 Å². The second-order valence-corrected chi connectivity index (χ2v) is 22.3. The van der Waals surface area contributed by atoms with Crippen molar-refractivity contribution in [1.82, 2.24) is 0 Å². The third-order valence-corrected chi connectivity index (χ3v) is 14.1. The van der Waals surface area contributed by atoms with E-state index in [0.717, 1.165) is 12.6 Å². The molecule has 223 valence electrons. The number of anilines is 2. The average molecular weight is 642 g/mol. The number of hydrogen-bond acceptors (Lipinski definition) is 4. The van der Waals surface area contributed by atoms with E-state index in [1.165, 1.54) is 11.4 Å². The van der Waals surface area contributed by atoms with E-state index in [-0.39, 0.29) is 32.3 Å². The van der Waals surface area contributed by atoms with Crippen molar-refractivity contribution in [2.24, 2.45) is 0 Å². The van der Waals surface area contributed by atoms with E-state index < -0.39 is 15.6 Å². The summed E-state index contributed by atoms with van der Waals surface area (Å²) in [6.07, 6.45) is 2.25.